The second-order valence-electron chi connectivity index (χ2n) is 3.63. The molecule has 0 radical (unpaired) electrons. The average Bonchev–Trinajstić information content (AvgIpc) is 2.41. The second-order valence-corrected chi connectivity index (χ2v) is 4.80. The van der Waals surface area contributed by atoms with Crippen LogP contribution < -0.4 is 5.48 Å². The highest BCUT2D eigenvalue weighted by Gasteiger charge is 2.01. The van der Waals surface area contributed by atoms with Gasteiger partial charge in [0.25, 0.3) is 0 Å². The highest BCUT2D eigenvalue weighted by Crippen LogP contribution is 2.18. The van der Waals surface area contributed by atoms with Crippen molar-refractivity contribution in [3.8, 4) is 0 Å². The van der Waals surface area contributed by atoms with Gasteiger partial charge in [0.2, 0.25) is 5.91 Å². The molecule has 0 heterocycles. The zero-order valence-electron chi connectivity index (χ0n) is 10.6. The third kappa shape index (κ3) is 7.32. The van der Waals surface area contributed by atoms with Gasteiger partial charge in [-0.05, 0) is 24.3 Å². The van der Waals surface area contributed by atoms with Crippen molar-refractivity contribution in [3.63, 3.8) is 0 Å². The molecule has 4 nitrogen and oxygen atoms in total. The summed E-state index contributed by atoms with van der Waals surface area (Å²) in [5, 5.41) is 0. The van der Waals surface area contributed by atoms with Gasteiger partial charge in [-0.1, -0.05) is 18.2 Å². The van der Waals surface area contributed by atoms with Crippen LogP contribution in [0.25, 0.3) is 0 Å². The van der Waals surface area contributed by atoms with Crippen LogP contribution >= 0.6 is 11.8 Å². The molecule has 1 aromatic carbocycles. The van der Waals surface area contributed by atoms with Gasteiger partial charge in [-0.2, -0.15) is 0 Å². The van der Waals surface area contributed by atoms with Gasteiger partial charge in [-0.15, -0.1) is 11.8 Å². The summed E-state index contributed by atoms with van der Waals surface area (Å²) < 4.78 is 4.79. The molecule has 0 aliphatic rings. The molecule has 0 fully saturated rings. The molecule has 0 spiro atoms. The molecule has 1 aromatic rings. The molecule has 18 heavy (non-hydrogen) atoms. The number of rotatable bonds is 9. The monoisotopic (exact) mass is 269 g/mol. The number of amides is 1. The number of benzene rings is 1. The number of hydrogen-bond donors (Lipinski definition) is 1. The third-order valence-corrected chi connectivity index (χ3v) is 3.23. The summed E-state index contributed by atoms with van der Waals surface area (Å²) in [7, 11) is 1.59. The van der Waals surface area contributed by atoms with Gasteiger partial charge in [-0.25, -0.2) is 5.48 Å². The van der Waals surface area contributed by atoms with E-state index < -0.39 is 0 Å². The minimum absolute atomic E-state index is 0.0836. The predicted molar refractivity (Wildman–Crippen MR) is 72.4 cm³/mol. The number of thioether (sulfide) groups is 1. The van der Waals surface area contributed by atoms with E-state index in [0.29, 0.717) is 19.6 Å². The Bertz CT molecular complexity index is 332. The summed E-state index contributed by atoms with van der Waals surface area (Å²) in [5.74, 6) is 0.843. The summed E-state index contributed by atoms with van der Waals surface area (Å²) >= 11 is 1.75. The smallest absolute Gasteiger partial charge is 0.243 e. The van der Waals surface area contributed by atoms with E-state index in [0.717, 1.165) is 12.2 Å². The first-order valence-electron chi connectivity index (χ1n) is 5.90. The molecule has 1 rings (SSSR count). The van der Waals surface area contributed by atoms with Gasteiger partial charge in [0.1, 0.15) is 0 Å². The van der Waals surface area contributed by atoms with E-state index in [-0.39, 0.29) is 5.91 Å². The number of hydroxylamine groups is 1. The quantitative estimate of drug-likeness (QED) is 0.424. The fourth-order valence-electron chi connectivity index (χ4n) is 1.25. The lowest BCUT2D eigenvalue weighted by Crippen LogP contribution is -2.25. The zero-order valence-corrected chi connectivity index (χ0v) is 11.4. The predicted octanol–water partition coefficient (Wildman–Crippen LogP) is 2.25. The van der Waals surface area contributed by atoms with Crippen LogP contribution in [0.5, 0.6) is 0 Å². The number of carbonyl (C=O) groups excluding carboxylic acids is 1. The molecular formula is C13H19NO3S. The minimum atomic E-state index is -0.0836. The van der Waals surface area contributed by atoms with Crippen molar-refractivity contribution in [2.45, 2.75) is 17.7 Å². The van der Waals surface area contributed by atoms with E-state index in [4.69, 9.17) is 9.57 Å². The standard InChI is InChI=1S/C13H19NO3S/c1-16-9-10-17-14-13(15)8-5-11-18-12-6-3-2-4-7-12/h2-4,6-7H,5,8-11H2,1H3,(H,14,15). The number of carbonyl (C=O) groups is 1. The maximum Gasteiger partial charge on any atom is 0.243 e. The van der Waals surface area contributed by atoms with Crippen molar-refractivity contribution in [1.82, 2.24) is 5.48 Å². The van der Waals surface area contributed by atoms with E-state index in [2.05, 4.69) is 17.6 Å². The number of ether oxygens (including phenoxy) is 1. The maximum absolute atomic E-state index is 11.3. The normalized spacial score (nSPS) is 10.3. The molecule has 0 aliphatic heterocycles. The van der Waals surface area contributed by atoms with Crippen LogP contribution in [0.3, 0.4) is 0 Å². The van der Waals surface area contributed by atoms with Crippen molar-refractivity contribution in [3.05, 3.63) is 30.3 Å². The topological polar surface area (TPSA) is 47.6 Å². The molecule has 1 N–H and O–H groups in total. The molecule has 0 saturated carbocycles. The number of nitrogens with one attached hydrogen (secondary N) is 1. The fraction of sp³-hybridized carbons (Fsp3) is 0.462. The Kier molecular flexibility index (Phi) is 8.29. The molecular weight excluding hydrogens is 250 g/mol. The van der Waals surface area contributed by atoms with Gasteiger partial charge >= 0.3 is 0 Å². The van der Waals surface area contributed by atoms with Crippen molar-refractivity contribution in [2.75, 3.05) is 26.1 Å². The largest absolute Gasteiger partial charge is 0.382 e. The number of methoxy groups -OCH3 is 1. The molecule has 5 heteroatoms. The highest BCUT2D eigenvalue weighted by atomic mass is 32.2. The van der Waals surface area contributed by atoms with Crippen LogP contribution in [0, 0.1) is 0 Å². The lowest BCUT2D eigenvalue weighted by molar-refractivity contribution is -0.134. The Hall–Kier alpha value is -1.04. The fourth-order valence-corrected chi connectivity index (χ4v) is 2.12. The second kappa shape index (κ2) is 9.94. The van der Waals surface area contributed by atoms with Gasteiger partial charge in [-0.3, -0.25) is 9.63 Å². The van der Waals surface area contributed by atoms with E-state index in [1.54, 1.807) is 18.9 Å². The van der Waals surface area contributed by atoms with Crippen LogP contribution in [-0.4, -0.2) is 32.0 Å². The van der Waals surface area contributed by atoms with Gasteiger partial charge in [0.15, 0.2) is 0 Å². The SMILES string of the molecule is COCCONC(=O)CCCSc1ccccc1. The van der Waals surface area contributed by atoms with Gasteiger partial charge in [0, 0.05) is 18.4 Å². The molecule has 0 saturated heterocycles. The molecule has 1 amide bonds. The Labute approximate surface area is 112 Å². The third-order valence-electron chi connectivity index (χ3n) is 2.14. The molecule has 100 valence electrons. The molecule has 0 atom stereocenters. The summed E-state index contributed by atoms with van der Waals surface area (Å²) in [6.07, 6.45) is 1.31. The van der Waals surface area contributed by atoms with Crippen LogP contribution in [-0.2, 0) is 14.4 Å². The van der Waals surface area contributed by atoms with E-state index >= 15 is 0 Å². The Morgan fingerprint density at radius 1 is 1.28 bits per heavy atom. The molecule has 0 aliphatic carbocycles. The minimum Gasteiger partial charge on any atom is -0.382 e. The molecule has 0 bridgehead atoms. The Morgan fingerprint density at radius 2 is 2.06 bits per heavy atom. The van der Waals surface area contributed by atoms with Crippen LogP contribution in [0.4, 0.5) is 0 Å². The number of hydrogen-bond acceptors (Lipinski definition) is 4. The van der Waals surface area contributed by atoms with Crippen LogP contribution in [0.1, 0.15) is 12.8 Å². The van der Waals surface area contributed by atoms with Gasteiger partial charge < -0.3 is 4.74 Å². The van der Waals surface area contributed by atoms with Crippen molar-refractivity contribution < 1.29 is 14.4 Å². The maximum atomic E-state index is 11.3. The van der Waals surface area contributed by atoms with Crippen molar-refractivity contribution in [1.29, 1.82) is 0 Å². The summed E-state index contributed by atoms with van der Waals surface area (Å²) in [6, 6.07) is 10.2. The summed E-state index contributed by atoms with van der Waals surface area (Å²) in [6.45, 7) is 0.852. The summed E-state index contributed by atoms with van der Waals surface area (Å²) in [4.78, 5) is 17.5. The lowest BCUT2D eigenvalue weighted by atomic mass is 10.3. The van der Waals surface area contributed by atoms with E-state index in [9.17, 15) is 4.79 Å². The first-order chi connectivity index (χ1) is 8.83. The Morgan fingerprint density at radius 3 is 2.78 bits per heavy atom. The van der Waals surface area contributed by atoms with Crippen LogP contribution in [0.15, 0.2) is 35.2 Å². The van der Waals surface area contributed by atoms with Crippen molar-refractivity contribution >= 4 is 17.7 Å². The van der Waals surface area contributed by atoms with E-state index in [1.165, 1.54) is 4.90 Å². The van der Waals surface area contributed by atoms with E-state index in [1.807, 2.05) is 18.2 Å². The lowest BCUT2D eigenvalue weighted by Gasteiger charge is -2.05. The first-order valence-corrected chi connectivity index (χ1v) is 6.89. The van der Waals surface area contributed by atoms with Crippen molar-refractivity contribution in [2.24, 2.45) is 0 Å². The Balaban J connectivity index is 1.99. The summed E-state index contributed by atoms with van der Waals surface area (Å²) in [5.41, 5.74) is 2.39. The van der Waals surface area contributed by atoms with Crippen LogP contribution in [0.2, 0.25) is 0 Å². The first kappa shape index (κ1) is 15.0. The average molecular weight is 269 g/mol. The van der Waals surface area contributed by atoms with Gasteiger partial charge in [0.05, 0.1) is 13.2 Å². The molecule has 0 aromatic heterocycles. The zero-order chi connectivity index (χ0) is 13.1. The highest BCUT2D eigenvalue weighted by molar-refractivity contribution is 7.99. The molecule has 0 unspecified atom stereocenters.